The van der Waals surface area contributed by atoms with E-state index in [-0.39, 0.29) is 34.1 Å². The Morgan fingerprint density at radius 1 is 0.632 bits per heavy atom. The van der Waals surface area contributed by atoms with Gasteiger partial charge in [0.1, 0.15) is 11.6 Å². The molecule has 6 aromatic carbocycles. The van der Waals surface area contributed by atoms with Crippen LogP contribution in [-0.4, -0.2) is 19.6 Å². The molecule has 0 aliphatic heterocycles. The molecule has 0 saturated heterocycles. The molecule has 0 bridgehead atoms. The minimum absolute atomic E-state index is 0.0112. The molecule has 0 aliphatic rings. The Morgan fingerprint density at radius 3 is 2.14 bits per heavy atom. The smallest absolute Gasteiger partial charge is 0.149 e. The monoisotopic (exact) mass is 765 g/mol. The molecule has 8 aromatic rings. The van der Waals surface area contributed by atoms with Crippen molar-refractivity contribution < 1.29 is 31.2 Å². The second-order valence-electron chi connectivity index (χ2n) is 15.3. The van der Waals surface area contributed by atoms with E-state index >= 15 is 0 Å². The highest BCUT2D eigenvalue weighted by molar-refractivity contribution is 5.97. The molecule has 284 valence electrons. The number of aromatic hydroxyl groups is 1. The lowest BCUT2D eigenvalue weighted by atomic mass is 9.83. The van der Waals surface area contributed by atoms with Crippen molar-refractivity contribution in [3.63, 3.8) is 0 Å². The predicted molar refractivity (Wildman–Crippen MR) is 239 cm³/mol. The van der Waals surface area contributed by atoms with Crippen LogP contribution in [0.5, 0.6) is 5.75 Å². The van der Waals surface area contributed by atoms with Crippen molar-refractivity contribution in [3.05, 3.63) is 167 Å². The summed E-state index contributed by atoms with van der Waals surface area (Å²) in [5, 5.41) is 11.7. The number of aromatic nitrogens is 3. The predicted octanol–water partition coefficient (Wildman–Crippen LogP) is 14.0. The van der Waals surface area contributed by atoms with Crippen LogP contribution >= 0.6 is 0 Å². The quantitative estimate of drug-likeness (QED) is 0.183. The number of rotatable bonds is 6. The summed E-state index contributed by atoms with van der Waals surface area (Å²) < 4.78 is 166. The number of para-hydroxylation sites is 1. The Labute approximate surface area is 364 Å². The Balaban J connectivity index is 1.42. The van der Waals surface area contributed by atoms with Crippen molar-refractivity contribution in [2.75, 3.05) is 0 Å². The highest BCUT2D eigenvalue weighted by Gasteiger charge is 2.24. The zero-order chi connectivity index (χ0) is 56.3. The lowest BCUT2D eigenvalue weighted by molar-refractivity contribution is 0.472. The Morgan fingerprint density at radius 2 is 1.40 bits per heavy atom. The third kappa shape index (κ3) is 7.29. The molecular weight excluding hydrogens is 695 g/mol. The van der Waals surface area contributed by atoms with Crippen molar-refractivity contribution in [1.29, 1.82) is 0 Å². The van der Waals surface area contributed by atoms with Gasteiger partial charge in [0, 0.05) is 33.7 Å². The molecule has 1 N–H and O–H groups in total. The maximum atomic E-state index is 11.7. The normalized spacial score (nSPS) is 17.7. The van der Waals surface area contributed by atoms with Gasteiger partial charge < -0.3 is 5.11 Å². The van der Waals surface area contributed by atoms with Crippen LogP contribution in [0.3, 0.4) is 0 Å². The summed E-state index contributed by atoms with van der Waals surface area (Å²) in [7, 11) is 0. The minimum Gasteiger partial charge on any atom is -0.507 e. The van der Waals surface area contributed by atoms with Gasteiger partial charge >= 0.3 is 0 Å². The van der Waals surface area contributed by atoms with Crippen molar-refractivity contribution in [3.8, 4) is 67.5 Å². The number of benzene rings is 6. The third-order valence-corrected chi connectivity index (χ3v) is 9.94. The molecule has 0 atom stereocenters. The lowest BCUT2D eigenvalue weighted by Crippen LogP contribution is -2.11. The molecule has 0 aliphatic carbocycles. The number of phenolic OH excluding ortho intramolecular Hbond substituents is 1. The summed E-state index contributed by atoms with van der Waals surface area (Å²) in [6.45, 7) is -5.07. The SMILES string of the molecule is [2H]c1nc(-c2cc(-c3cccc4c3nc(-c3cc(C)cc(C)c3O)n4-c3ccc(-c4ccccc4)cc3C([2H])([2H])[2H])cc(C(C)(C)C)c2)c([2H])c(-c2c([2H])c([2H])c(C(C([2H])([2H])[2H])(C([2H])([2H])[2H])C([2H])([2H])[2H])c([2H])c2[2H])c1[2H]. The average Bonchev–Trinajstić information content (AvgIpc) is 3.77. The van der Waals surface area contributed by atoms with Crippen LogP contribution in [0.4, 0.5) is 0 Å². The molecule has 2 aromatic heterocycles. The van der Waals surface area contributed by atoms with E-state index in [9.17, 15) is 6.48 Å². The van der Waals surface area contributed by atoms with E-state index in [1.54, 1.807) is 60.0 Å². The number of nitrogens with zero attached hydrogens (tertiary/aromatic N) is 3. The first-order valence-electron chi connectivity index (χ1n) is 27.8. The van der Waals surface area contributed by atoms with E-state index in [0.29, 0.717) is 44.4 Å². The molecule has 0 amide bonds. The molecule has 0 spiro atoms. The van der Waals surface area contributed by atoms with Crippen LogP contribution < -0.4 is 0 Å². The number of aryl methyl sites for hydroxylation is 3. The van der Waals surface area contributed by atoms with E-state index in [2.05, 4.69) is 4.98 Å². The van der Waals surface area contributed by atoms with Gasteiger partial charge in [-0.3, -0.25) is 9.55 Å². The van der Waals surface area contributed by atoms with Crippen LogP contribution in [0.1, 0.15) is 95.2 Å². The number of hydrogen-bond acceptors (Lipinski definition) is 3. The van der Waals surface area contributed by atoms with Crippen LogP contribution in [0, 0.1) is 20.7 Å². The van der Waals surface area contributed by atoms with Crippen LogP contribution in [-0.2, 0) is 10.8 Å². The maximum Gasteiger partial charge on any atom is 0.149 e. The van der Waals surface area contributed by atoms with Gasteiger partial charge in [0.25, 0.3) is 0 Å². The van der Waals surface area contributed by atoms with Gasteiger partial charge in [-0.1, -0.05) is 126 Å². The highest BCUT2D eigenvalue weighted by Crippen LogP contribution is 2.42. The van der Waals surface area contributed by atoms with E-state index in [4.69, 9.17) is 29.7 Å². The van der Waals surface area contributed by atoms with Gasteiger partial charge in [-0.05, 0) is 136 Å². The van der Waals surface area contributed by atoms with Crippen LogP contribution in [0.2, 0.25) is 0 Å². The fraction of sp³-hybridized carbons (Fsp3) is 0.208. The number of phenols is 1. The summed E-state index contributed by atoms with van der Waals surface area (Å²) in [5.74, 6) is 0.148. The van der Waals surface area contributed by atoms with Crippen molar-refractivity contribution in [2.24, 2.45) is 0 Å². The zero-order valence-corrected chi connectivity index (χ0v) is 32.0. The molecule has 0 radical (unpaired) electrons. The fourth-order valence-electron chi connectivity index (χ4n) is 6.99. The lowest BCUT2D eigenvalue weighted by Gasteiger charge is -2.22. The Hall–Kier alpha value is -6.26. The number of fused-ring (bicyclic) bond motifs is 1. The van der Waals surface area contributed by atoms with Gasteiger partial charge in [0.05, 0.1) is 37.6 Å². The Kier molecular flexibility index (Phi) is 5.37. The number of pyridine rings is 1. The van der Waals surface area contributed by atoms with Crippen LogP contribution in [0.15, 0.2) is 139 Å². The third-order valence-electron chi connectivity index (χ3n) is 9.94. The summed E-state index contributed by atoms with van der Waals surface area (Å²) in [6.07, 6.45) is -0.770. The summed E-state index contributed by atoms with van der Waals surface area (Å²) in [4.78, 5) is 9.55. The summed E-state index contributed by atoms with van der Waals surface area (Å²) in [5.41, 5.74) is -1.61. The molecule has 4 nitrogen and oxygen atoms in total. The Bertz CT molecular complexity index is 3580. The molecule has 57 heavy (non-hydrogen) atoms. The molecule has 2 heterocycles. The molecule has 0 fully saturated rings. The summed E-state index contributed by atoms with van der Waals surface area (Å²) in [6, 6.07) is 22.1. The van der Waals surface area contributed by atoms with E-state index in [1.165, 1.54) is 0 Å². The first-order valence-corrected chi connectivity index (χ1v) is 18.3. The van der Waals surface area contributed by atoms with Crippen LogP contribution in [0.25, 0.3) is 72.7 Å². The second-order valence-corrected chi connectivity index (χ2v) is 15.3. The maximum absolute atomic E-state index is 11.7. The standard InChI is InChI=1S/C53H51N3O/c1-33-26-35(3)50(57)45(27-33)51-55-49-44(16-13-17-48(49)56(51)47-23-20-38(28-34(47)2)36-14-11-10-12-15-36)40-29-41(31-43(30-40)53(7,8)9)46-32-39(24-25-54-46)37-18-21-42(22-19-37)52(4,5)6/h10-32,57H,1-9H3/i2D3,4D3,5D3,6D3,18D,19D,21D,22D,24D,25D,32D. The van der Waals surface area contributed by atoms with Gasteiger partial charge in [-0.2, -0.15) is 0 Å². The zero-order valence-electron chi connectivity index (χ0n) is 51.0. The van der Waals surface area contributed by atoms with Gasteiger partial charge in [-0.15, -0.1) is 0 Å². The second kappa shape index (κ2) is 14.4. The molecular formula is C53H51N3O. The molecule has 0 saturated carbocycles. The first kappa shape index (κ1) is 21.3. The average molecular weight is 765 g/mol. The van der Waals surface area contributed by atoms with Crippen molar-refractivity contribution in [1.82, 2.24) is 14.5 Å². The van der Waals surface area contributed by atoms with Gasteiger partial charge in [0.15, 0.2) is 0 Å². The minimum atomic E-state index is -3.94. The topological polar surface area (TPSA) is 50.9 Å². The highest BCUT2D eigenvalue weighted by atomic mass is 16.3. The van der Waals surface area contributed by atoms with Crippen molar-refractivity contribution >= 4 is 11.0 Å². The van der Waals surface area contributed by atoms with Gasteiger partial charge in [0.2, 0.25) is 0 Å². The summed E-state index contributed by atoms with van der Waals surface area (Å²) >= 11 is 0. The molecule has 4 heteroatoms. The first-order chi connectivity index (χ1) is 35.0. The number of hydrogen-bond donors (Lipinski definition) is 1. The van der Waals surface area contributed by atoms with E-state index in [0.717, 1.165) is 11.1 Å². The fourth-order valence-corrected chi connectivity index (χ4v) is 6.99. The number of imidazole rings is 1. The van der Waals surface area contributed by atoms with E-state index < -0.39 is 97.4 Å². The molecule has 8 rings (SSSR count). The van der Waals surface area contributed by atoms with Crippen molar-refractivity contribution in [2.45, 2.75) is 72.9 Å². The molecule has 0 unspecified atom stereocenters. The van der Waals surface area contributed by atoms with Gasteiger partial charge in [-0.25, -0.2) is 4.98 Å². The largest absolute Gasteiger partial charge is 0.507 e. The van der Waals surface area contributed by atoms with E-state index in [1.807, 2.05) is 76.2 Å².